The zero-order valence-corrected chi connectivity index (χ0v) is 18.9. The first-order chi connectivity index (χ1) is 16.3. The van der Waals surface area contributed by atoms with Crippen molar-refractivity contribution >= 4 is 23.7 Å². The van der Waals surface area contributed by atoms with Crippen LogP contribution in [-0.2, 0) is 32.0 Å². The second-order valence-corrected chi connectivity index (χ2v) is 8.31. The Morgan fingerprint density at radius 1 is 1.06 bits per heavy atom. The minimum absolute atomic E-state index is 0.148. The molecule has 0 saturated carbocycles. The molecule has 4 unspecified atom stereocenters. The Morgan fingerprint density at radius 3 is 2.38 bits per heavy atom. The van der Waals surface area contributed by atoms with Crippen molar-refractivity contribution in [3.05, 3.63) is 54.1 Å². The van der Waals surface area contributed by atoms with E-state index in [1.54, 1.807) is 6.20 Å². The highest BCUT2D eigenvalue weighted by Crippen LogP contribution is 2.08. The van der Waals surface area contributed by atoms with Gasteiger partial charge in [-0.15, -0.1) is 0 Å². The molecular formula is C23H30N6O5. The number of nitrogens with one attached hydrogen (secondary N) is 5. The number of carbonyl (C=O) groups is 4. The Kier molecular flexibility index (Phi) is 8.74. The summed E-state index contributed by atoms with van der Waals surface area (Å²) < 4.78 is 0. The SMILES string of the molecule is CC(NC(=O)C(Cc1ccccc1)NC(=O)C(Cc1cnc[nH]1)NC(=O)C1CCCN1)C(=O)O. The predicted molar refractivity (Wildman–Crippen MR) is 123 cm³/mol. The van der Waals surface area contributed by atoms with Gasteiger partial charge in [-0.2, -0.15) is 0 Å². The number of carboxylic acids is 1. The average molecular weight is 471 g/mol. The zero-order valence-electron chi connectivity index (χ0n) is 18.9. The number of benzene rings is 1. The van der Waals surface area contributed by atoms with Crippen LogP contribution in [0.2, 0.25) is 0 Å². The van der Waals surface area contributed by atoms with Crippen molar-refractivity contribution in [2.24, 2.45) is 0 Å². The first-order valence-corrected chi connectivity index (χ1v) is 11.2. The molecule has 0 radical (unpaired) electrons. The van der Waals surface area contributed by atoms with Crippen molar-refractivity contribution in [1.82, 2.24) is 31.2 Å². The smallest absolute Gasteiger partial charge is 0.325 e. The van der Waals surface area contributed by atoms with Crippen molar-refractivity contribution in [2.75, 3.05) is 6.54 Å². The molecule has 1 aliphatic heterocycles. The van der Waals surface area contributed by atoms with Gasteiger partial charge in [0.25, 0.3) is 0 Å². The van der Waals surface area contributed by atoms with E-state index in [0.29, 0.717) is 12.1 Å². The summed E-state index contributed by atoms with van der Waals surface area (Å²) in [5.74, 6) is -2.66. The lowest BCUT2D eigenvalue weighted by Crippen LogP contribution is -2.57. The summed E-state index contributed by atoms with van der Waals surface area (Å²) in [5, 5.41) is 20.1. The third-order valence-electron chi connectivity index (χ3n) is 5.63. The van der Waals surface area contributed by atoms with E-state index in [1.165, 1.54) is 13.3 Å². The lowest BCUT2D eigenvalue weighted by atomic mass is 10.0. The van der Waals surface area contributed by atoms with Crippen molar-refractivity contribution < 1.29 is 24.3 Å². The normalized spacial score (nSPS) is 17.9. The molecule has 6 N–H and O–H groups in total. The number of aliphatic carboxylic acids is 1. The van der Waals surface area contributed by atoms with Gasteiger partial charge in [-0.25, -0.2) is 4.98 Å². The highest BCUT2D eigenvalue weighted by molar-refractivity contribution is 5.94. The number of rotatable bonds is 11. The summed E-state index contributed by atoms with van der Waals surface area (Å²) >= 11 is 0. The van der Waals surface area contributed by atoms with E-state index in [9.17, 15) is 19.2 Å². The number of hydrogen-bond acceptors (Lipinski definition) is 6. The largest absolute Gasteiger partial charge is 0.480 e. The summed E-state index contributed by atoms with van der Waals surface area (Å²) in [6.07, 6.45) is 4.88. The molecule has 11 heteroatoms. The molecule has 0 bridgehead atoms. The van der Waals surface area contributed by atoms with Crippen molar-refractivity contribution in [3.63, 3.8) is 0 Å². The van der Waals surface area contributed by atoms with Crippen LogP contribution in [0.4, 0.5) is 0 Å². The second-order valence-electron chi connectivity index (χ2n) is 8.31. The molecule has 0 spiro atoms. The van der Waals surface area contributed by atoms with Crippen LogP contribution in [0.5, 0.6) is 0 Å². The molecule has 11 nitrogen and oxygen atoms in total. The van der Waals surface area contributed by atoms with E-state index >= 15 is 0 Å². The van der Waals surface area contributed by atoms with Gasteiger partial charge in [0.1, 0.15) is 18.1 Å². The second kappa shape index (κ2) is 11.9. The Bertz CT molecular complexity index is 975. The minimum Gasteiger partial charge on any atom is -0.480 e. The van der Waals surface area contributed by atoms with E-state index in [2.05, 4.69) is 31.2 Å². The maximum atomic E-state index is 13.3. The summed E-state index contributed by atoms with van der Waals surface area (Å²) in [6.45, 7) is 2.08. The monoisotopic (exact) mass is 470 g/mol. The molecule has 3 rings (SSSR count). The Labute approximate surface area is 197 Å². The molecular weight excluding hydrogens is 440 g/mol. The van der Waals surface area contributed by atoms with Gasteiger partial charge in [0.05, 0.1) is 12.4 Å². The molecule has 1 aromatic carbocycles. The Hall–Kier alpha value is -3.73. The van der Waals surface area contributed by atoms with Crippen LogP contribution < -0.4 is 21.3 Å². The van der Waals surface area contributed by atoms with E-state index in [0.717, 1.165) is 18.5 Å². The van der Waals surface area contributed by atoms with Crippen LogP contribution in [0, 0.1) is 0 Å². The number of amides is 3. The number of H-pyrrole nitrogens is 1. The maximum Gasteiger partial charge on any atom is 0.325 e. The molecule has 1 aliphatic rings. The van der Waals surface area contributed by atoms with Gasteiger partial charge >= 0.3 is 5.97 Å². The van der Waals surface area contributed by atoms with E-state index in [1.807, 2.05) is 30.3 Å². The van der Waals surface area contributed by atoms with Crippen LogP contribution in [0.25, 0.3) is 0 Å². The van der Waals surface area contributed by atoms with Gasteiger partial charge in [0.2, 0.25) is 17.7 Å². The minimum atomic E-state index is -1.19. The summed E-state index contributed by atoms with van der Waals surface area (Å²) in [4.78, 5) is 56.9. The number of nitrogens with zero attached hydrogens (tertiary/aromatic N) is 1. The van der Waals surface area contributed by atoms with E-state index in [-0.39, 0.29) is 24.8 Å². The van der Waals surface area contributed by atoms with Gasteiger partial charge < -0.3 is 31.4 Å². The number of carboxylic acid groups (broad SMARTS) is 1. The highest BCUT2D eigenvalue weighted by Gasteiger charge is 2.31. The predicted octanol–water partition coefficient (Wildman–Crippen LogP) is -0.494. The maximum absolute atomic E-state index is 13.3. The number of hydrogen-bond donors (Lipinski definition) is 6. The fourth-order valence-corrected chi connectivity index (χ4v) is 3.71. The molecule has 2 aromatic rings. The molecule has 182 valence electrons. The van der Waals surface area contributed by atoms with Crippen molar-refractivity contribution in [3.8, 4) is 0 Å². The molecule has 1 saturated heterocycles. The molecule has 1 fully saturated rings. The van der Waals surface area contributed by atoms with E-state index < -0.39 is 35.9 Å². The summed E-state index contributed by atoms with van der Waals surface area (Å²) in [6, 6.07) is 5.56. The third-order valence-corrected chi connectivity index (χ3v) is 5.63. The fourth-order valence-electron chi connectivity index (χ4n) is 3.71. The first-order valence-electron chi connectivity index (χ1n) is 11.2. The number of imidazole rings is 1. The molecule has 3 amide bonds. The highest BCUT2D eigenvalue weighted by atomic mass is 16.4. The van der Waals surface area contributed by atoms with Crippen molar-refractivity contribution in [1.29, 1.82) is 0 Å². The topological polar surface area (TPSA) is 165 Å². The number of carbonyl (C=O) groups excluding carboxylic acids is 3. The third kappa shape index (κ3) is 7.14. The van der Waals surface area contributed by atoms with E-state index in [4.69, 9.17) is 5.11 Å². The lowest BCUT2D eigenvalue weighted by Gasteiger charge is -2.24. The van der Waals surface area contributed by atoms with Crippen LogP contribution in [0.1, 0.15) is 31.0 Å². The average Bonchev–Trinajstić information content (AvgIpc) is 3.53. The Morgan fingerprint density at radius 2 is 1.76 bits per heavy atom. The number of aromatic amines is 1. The number of aromatic nitrogens is 2. The summed E-state index contributed by atoms with van der Waals surface area (Å²) in [7, 11) is 0. The fraction of sp³-hybridized carbons (Fsp3) is 0.435. The molecule has 0 aliphatic carbocycles. The van der Waals surface area contributed by atoms with Gasteiger partial charge in [0.15, 0.2) is 0 Å². The lowest BCUT2D eigenvalue weighted by molar-refractivity contribution is -0.141. The van der Waals surface area contributed by atoms with Gasteiger partial charge in [-0.05, 0) is 31.9 Å². The quantitative estimate of drug-likeness (QED) is 0.258. The molecule has 34 heavy (non-hydrogen) atoms. The Balaban J connectivity index is 1.76. The van der Waals surface area contributed by atoms with Crippen LogP contribution in [-0.4, -0.2) is 69.5 Å². The molecule has 4 atom stereocenters. The van der Waals surface area contributed by atoms with Gasteiger partial charge in [0, 0.05) is 24.7 Å². The van der Waals surface area contributed by atoms with Crippen LogP contribution in [0.3, 0.4) is 0 Å². The zero-order chi connectivity index (χ0) is 24.5. The van der Waals surface area contributed by atoms with Gasteiger partial charge in [-0.1, -0.05) is 30.3 Å². The van der Waals surface area contributed by atoms with Crippen molar-refractivity contribution in [2.45, 2.75) is 56.8 Å². The molecule has 1 aromatic heterocycles. The summed E-state index contributed by atoms with van der Waals surface area (Å²) in [5.41, 5.74) is 1.43. The first kappa shape index (κ1) is 24.9. The van der Waals surface area contributed by atoms with Crippen LogP contribution in [0.15, 0.2) is 42.9 Å². The van der Waals surface area contributed by atoms with Crippen LogP contribution >= 0.6 is 0 Å². The van der Waals surface area contributed by atoms with Gasteiger partial charge in [-0.3, -0.25) is 19.2 Å². The standard InChI is InChI=1S/C23H30N6O5/c1-14(23(33)34)27-21(31)18(10-15-6-3-2-4-7-15)28-22(32)19(11-16-12-24-13-26-16)29-20(30)17-8-5-9-25-17/h2-4,6-7,12-14,17-19,25H,5,8-11H2,1H3,(H,24,26)(H,27,31)(H,28,32)(H,29,30)(H,33,34). The molecule has 2 heterocycles.